The molecule has 0 saturated heterocycles. The van der Waals surface area contributed by atoms with Crippen LogP contribution in [0, 0.1) is 17.3 Å². The van der Waals surface area contributed by atoms with Crippen LogP contribution in [0.5, 0.6) is 0 Å². The van der Waals surface area contributed by atoms with E-state index in [2.05, 4.69) is 26.8 Å². The zero-order valence-corrected chi connectivity index (χ0v) is 23.5. The van der Waals surface area contributed by atoms with E-state index in [1.54, 1.807) is 13.8 Å². The Morgan fingerprint density at radius 1 is 1.06 bits per heavy atom. The average molecular weight is 511 g/mol. The summed E-state index contributed by atoms with van der Waals surface area (Å²) in [4.78, 5) is 0. The van der Waals surface area contributed by atoms with Crippen LogP contribution in [0.4, 0.5) is 0 Å². The van der Waals surface area contributed by atoms with Gasteiger partial charge < -0.3 is 30.6 Å². The topological polar surface area (TPSA) is 121 Å². The van der Waals surface area contributed by atoms with Crippen molar-refractivity contribution in [2.24, 2.45) is 17.3 Å². The lowest BCUT2D eigenvalue weighted by Crippen LogP contribution is -2.40. The second-order valence-corrected chi connectivity index (χ2v) is 11.7. The molecule has 0 aromatic carbocycles. The third-order valence-electron chi connectivity index (χ3n) is 8.58. The van der Waals surface area contributed by atoms with Crippen LogP contribution in [0.3, 0.4) is 0 Å². The van der Waals surface area contributed by atoms with Gasteiger partial charge in [-0.15, -0.1) is 0 Å². The zero-order valence-electron chi connectivity index (χ0n) is 23.5. The molecule has 36 heavy (non-hydrogen) atoms. The van der Waals surface area contributed by atoms with Gasteiger partial charge in [-0.2, -0.15) is 0 Å². The first-order valence-electron chi connectivity index (χ1n) is 13.8. The first-order valence-corrected chi connectivity index (χ1v) is 13.8. The largest absolute Gasteiger partial charge is 0.396 e. The molecule has 210 valence electrons. The predicted octanol–water partition coefficient (Wildman–Crippen LogP) is 4.43. The van der Waals surface area contributed by atoms with Crippen molar-refractivity contribution in [2.45, 2.75) is 111 Å². The monoisotopic (exact) mass is 510 g/mol. The van der Waals surface area contributed by atoms with Crippen molar-refractivity contribution in [3.05, 3.63) is 34.4 Å². The Bertz CT molecular complexity index is 726. The van der Waals surface area contributed by atoms with E-state index >= 15 is 0 Å². The van der Waals surface area contributed by atoms with Crippen LogP contribution >= 0.6 is 0 Å². The molecule has 1 aliphatic rings. The van der Waals surface area contributed by atoms with Crippen LogP contribution in [0.2, 0.25) is 0 Å². The average Bonchev–Trinajstić information content (AvgIpc) is 2.83. The molecule has 0 aromatic rings. The van der Waals surface area contributed by atoms with Gasteiger partial charge in [0.25, 0.3) is 0 Å². The number of hydrogen-bond acceptors (Lipinski definition) is 6. The zero-order chi connectivity index (χ0) is 27.4. The van der Waals surface area contributed by atoms with Gasteiger partial charge in [-0.1, -0.05) is 37.1 Å². The quantitative estimate of drug-likeness (QED) is 0.171. The van der Waals surface area contributed by atoms with Crippen LogP contribution in [0.15, 0.2) is 34.4 Å². The fourth-order valence-corrected chi connectivity index (χ4v) is 5.67. The van der Waals surface area contributed by atoms with Crippen LogP contribution < -0.4 is 0 Å². The van der Waals surface area contributed by atoms with Gasteiger partial charge in [0, 0.05) is 6.61 Å². The lowest BCUT2D eigenvalue weighted by Gasteiger charge is -2.49. The third kappa shape index (κ3) is 10.0. The smallest absolute Gasteiger partial charge is 0.0849 e. The van der Waals surface area contributed by atoms with Gasteiger partial charge in [-0.25, -0.2) is 0 Å². The maximum Gasteiger partial charge on any atom is 0.0849 e. The third-order valence-corrected chi connectivity index (χ3v) is 8.58. The van der Waals surface area contributed by atoms with E-state index in [-0.39, 0.29) is 37.8 Å². The van der Waals surface area contributed by atoms with Crippen molar-refractivity contribution >= 4 is 0 Å². The van der Waals surface area contributed by atoms with Crippen LogP contribution in [0.25, 0.3) is 0 Å². The van der Waals surface area contributed by atoms with E-state index in [1.807, 2.05) is 6.08 Å². The van der Waals surface area contributed by atoms with Gasteiger partial charge in [0.2, 0.25) is 0 Å². The summed E-state index contributed by atoms with van der Waals surface area (Å²) in [5.41, 5.74) is 3.05. The van der Waals surface area contributed by atoms with E-state index < -0.39 is 11.7 Å². The van der Waals surface area contributed by atoms with Gasteiger partial charge in [-0.3, -0.25) is 0 Å². The molecule has 1 aliphatic carbocycles. The molecule has 6 heteroatoms. The summed E-state index contributed by atoms with van der Waals surface area (Å²) in [5.74, 6) is 0.775. The molecular weight excluding hydrogens is 456 g/mol. The summed E-state index contributed by atoms with van der Waals surface area (Å²) in [7, 11) is 0. The lowest BCUT2D eigenvalue weighted by atomic mass is 9.56. The number of aliphatic hydroxyl groups excluding tert-OH is 5. The van der Waals surface area contributed by atoms with Gasteiger partial charge in [0.1, 0.15) is 0 Å². The molecule has 4 unspecified atom stereocenters. The van der Waals surface area contributed by atoms with Crippen molar-refractivity contribution in [3.8, 4) is 0 Å². The van der Waals surface area contributed by atoms with Crippen LogP contribution in [-0.4, -0.2) is 68.8 Å². The number of hydrogen-bond donors (Lipinski definition) is 6. The predicted molar refractivity (Wildman–Crippen MR) is 146 cm³/mol. The van der Waals surface area contributed by atoms with Crippen molar-refractivity contribution in [2.75, 3.05) is 26.4 Å². The molecule has 1 saturated carbocycles. The highest BCUT2D eigenvalue weighted by molar-refractivity contribution is 5.24. The molecule has 6 N–H and O–H groups in total. The molecule has 4 atom stereocenters. The van der Waals surface area contributed by atoms with E-state index in [1.165, 1.54) is 11.1 Å². The fraction of sp³-hybridized carbons (Fsp3) is 0.800. The molecule has 0 radical (unpaired) electrons. The Labute approximate surface area is 219 Å². The van der Waals surface area contributed by atoms with Crippen LogP contribution in [-0.2, 0) is 0 Å². The van der Waals surface area contributed by atoms with Gasteiger partial charge in [0.05, 0.1) is 31.5 Å². The Morgan fingerprint density at radius 2 is 1.72 bits per heavy atom. The van der Waals surface area contributed by atoms with E-state index in [9.17, 15) is 30.6 Å². The van der Waals surface area contributed by atoms with Gasteiger partial charge >= 0.3 is 0 Å². The molecule has 0 heterocycles. The molecule has 6 nitrogen and oxygen atoms in total. The first-order chi connectivity index (χ1) is 16.9. The second kappa shape index (κ2) is 16.1. The van der Waals surface area contributed by atoms with E-state index in [4.69, 9.17) is 0 Å². The Kier molecular flexibility index (Phi) is 14.7. The van der Waals surface area contributed by atoms with Crippen molar-refractivity contribution in [3.63, 3.8) is 0 Å². The van der Waals surface area contributed by atoms with Crippen molar-refractivity contribution in [1.29, 1.82) is 0 Å². The van der Waals surface area contributed by atoms with Crippen molar-refractivity contribution in [1.82, 2.24) is 0 Å². The summed E-state index contributed by atoms with van der Waals surface area (Å²) in [6.45, 7) is 9.88. The molecule has 0 bridgehead atoms. The first kappa shape index (κ1) is 33.0. The van der Waals surface area contributed by atoms with Gasteiger partial charge in [-0.05, 0) is 113 Å². The highest BCUT2D eigenvalue weighted by Gasteiger charge is 2.43. The summed E-state index contributed by atoms with van der Waals surface area (Å²) in [6.07, 6.45) is 11.8. The Hall–Kier alpha value is -1.02. The maximum atomic E-state index is 10.0. The minimum atomic E-state index is -1.14. The lowest BCUT2D eigenvalue weighted by molar-refractivity contribution is -0.0511. The SMILES string of the molecule is C/C(=C\CCC1(C)C(C)CCC(=C(CO)CO)C1CCCO)CC/C=C(\CO)CCC(O)C(C)(C)O. The summed E-state index contributed by atoms with van der Waals surface area (Å²) in [5, 5.41) is 58.7. The van der Waals surface area contributed by atoms with E-state index in [0.29, 0.717) is 18.8 Å². The van der Waals surface area contributed by atoms with Crippen molar-refractivity contribution < 1.29 is 30.6 Å². The minimum Gasteiger partial charge on any atom is -0.396 e. The standard InChI is InChI=1S/C30H54O6/c1-22(9-6-11-24(19-32)14-16-28(35)29(3,4)36)10-7-17-30(5)23(2)13-15-26(25(20-33)21-34)27(30)12-8-18-31/h10-11,23,27-28,31-36H,6-9,12-21H2,1-5H3/b22-10+,24-11-. The molecule has 0 aliphatic heterocycles. The van der Waals surface area contributed by atoms with E-state index in [0.717, 1.165) is 62.5 Å². The van der Waals surface area contributed by atoms with Gasteiger partial charge in [0.15, 0.2) is 0 Å². The highest BCUT2D eigenvalue weighted by atomic mass is 16.3. The maximum absolute atomic E-state index is 10.0. The fourth-order valence-electron chi connectivity index (χ4n) is 5.67. The number of allylic oxidation sites excluding steroid dienone is 4. The molecule has 1 rings (SSSR count). The molecule has 0 spiro atoms. The highest BCUT2D eigenvalue weighted by Crippen LogP contribution is 2.53. The van der Waals surface area contributed by atoms with Crippen LogP contribution in [0.1, 0.15) is 98.8 Å². The minimum absolute atomic E-state index is 0.0354. The molecule has 1 fully saturated rings. The summed E-state index contributed by atoms with van der Waals surface area (Å²) >= 11 is 0. The number of aliphatic hydroxyl groups is 6. The molecule has 0 aromatic heterocycles. The Balaban J connectivity index is 2.79. The summed E-state index contributed by atoms with van der Waals surface area (Å²) < 4.78 is 0. The molecule has 0 amide bonds. The molecular formula is C30H54O6. The summed E-state index contributed by atoms with van der Waals surface area (Å²) in [6, 6.07) is 0. The number of rotatable bonds is 16. The Morgan fingerprint density at radius 3 is 2.28 bits per heavy atom. The second-order valence-electron chi connectivity index (χ2n) is 11.7. The normalized spacial score (nSPS) is 24.8.